The van der Waals surface area contributed by atoms with Crippen LogP contribution >= 0.6 is 0 Å². The van der Waals surface area contributed by atoms with Crippen LogP contribution in [-0.2, 0) is 4.79 Å². The van der Waals surface area contributed by atoms with E-state index in [1.807, 2.05) is 13.8 Å². The molecule has 23 heavy (non-hydrogen) atoms. The first-order valence-electron chi connectivity index (χ1n) is 10.2. The number of allylic oxidation sites excluding steroid dienone is 2. The molecule has 3 fully saturated rings. The largest absolute Gasteiger partial charge is 0.299 e. The predicted octanol–water partition coefficient (Wildman–Crippen LogP) is 6.18. The van der Waals surface area contributed by atoms with Crippen LogP contribution in [0.3, 0.4) is 0 Å². The van der Waals surface area contributed by atoms with E-state index in [-0.39, 0.29) is 0 Å². The molecule has 0 spiro atoms. The van der Waals surface area contributed by atoms with Crippen molar-refractivity contribution in [2.45, 2.75) is 85.5 Å². The van der Waals surface area contributed by atoms with Crippen LogP contribution in [0.15, 0.2) is 12.2 Å². The molecule has 4 aliphatic rings. The first-order valence-corrected chi connectivity index (χ1v) is 10.2. The minimum Gasteiger partial charge on any atom is -0.299 e. The maximum absolute atomic E-state index is 12.6. The Morgan fingerprint density at radius 1 is 1.00 bits per heavy atom. The average molecular weight is 317 g/mol. The van der Waals surface area contributed by atoms with E-state index >= 15 is 0 Å². The van der Waals surface area contributed by atoms with Gasteiger partial charge in [0.15, 0.2) is 0 Å². The van der Waals surface area contributed by atoms with E-state index in [9.17, 15) is 4.79 Å². The fourth-order valence-electron chi connectivity index (χ4n) is 6.81. The van der Waals surface area contributed by atoms with Gasteiger partial charge in [0, 0.05) is 12.3 Å². The lowest BCUT2D eigenvalue weighted by Gasteiger charge is -2.57. The molecule has 0 saturated heterocycles. The molecule has 3 saturated carbocycles. The molecule has 6 atom stereocenters. The van der Waals surface area contributed by atoms with Crippen LogP contribution in [0.5, 0.6) is 0 Å². The predicted molar refractivity (Wildman–Crippen MR) is 97.2 cm³/mol. The van der Waals surface area contributed by atoms with Gasteiger partial charge in [-0.3, -0.25) is 4.79 Å². The zero-order valence-electron chi connectivity index (χ0n) is 15.7. The van der Waals surface area contributed by atoms with Crippen molar-refractivity contribution in [3.8, 4) is 0 Å². The highest BCUT2D eigenvalue weighted by Crippen LogP contribution is 2.63. The van der Waals surface area contributed by atoms with Gasteiger partial charge in [-0.2, -0.15) is 0 Å². The number of fused-ring (bicyclic) bond motifs is 5. The molecule has 1 nitrogen and oxygen atoms in total. The lowest BCUT2D eigenvalue weighted by atomic mass is 9.47. The second-order valence-electron chi connectivity index (χ2n) is 8.87. The Bertz CT molecular complexity index is 478. The Morgan fingerprint density at radius 3 is 2.57 bits per heavy atom. The van der Waals surface area contributed by atoms with E-state index in [2.05, 4.69) is 26.0 Å². The molecule has 0 heterocycles. The van der Waals surface area contributed by atoms with Crippen LogP contribution in [0.4, 0.5) is 0 Å². The second-order valence-corrected chi connectivity index (χ2v) is 8.87. The minimum atomic E-state index is 0.320. The maximum atomic E-state index is 12.6. The van der Waals surface area contributed by atoms with Crippen molar-refractivity contribution < 1.29 is 4.79 Å². The third-order valence-electron chi connectivity index (χ3n) is 7.97. The summed E-state index contributed by atoms with van der Waals surface area (Å²) in [4.78, 5) is 12.6. The van der Waals surface area contributed by atoms with E-state index in [4.69, 9.17) is 0 Å². The fraction of sp³-hybridized carbons (Fsp3) is 0.864. The highest BCUT2D eigenvalue weighted by atomic mass is 16.1. The van der Waals surface area contributed by atoms with Crippen LogP contribution in [0.25, 0.3) is 0 Å². The molecule has 0 aliphatic heterocycles. The molecule has 0 radical (unpaired) electrons. The fourth-order valence-corrected chi connectivity index (χ4v) is 6.81. The normalized spacial score (nSPS) is 48.4. The molecule has 0 N–H and O–H groups in total. The molecule has 0 aromatic carbocycles. The van der Waals surface area contributed by atoms with Crippen molar-refractivity contribution in [1.82, 2.24) is 0 Å². The molecule has 4 rings (SSSR count). The molecule has 0 aromatic heterocycles. The summed E-state index contributed by atoms with van der Waals surface area (Å²) in [6.07, 6.45) is 16.1. The summed E-state index contributed by atoms with van der Waals surface area (Å²) < 4.78 is 0. The van der Waals surface area contributed by atoms with Crippen LogP contribution in [0.1, 0.15) is 85.5 Å². The SMILES string of the molecule is CC.CC12C=CCC1C1CCC3C(=O)CCCCC3(C)C1CC2. The monoisotopic (exact) mass is 316 g/mol. The van der Waals surface area contributed by atoms with Crippen molar-refractivity contribution in [1.29, 1.82) is 0 Å². The Kier molecular flexibility index (Phi) is 4.78. The number of rotatable bonds is 0. The van der Waals surface area contributed by atoms with Crippen molar-refractivity contribution in [2.75, 3.05) is 0 Å². The Hall–Kier alpha value is -0.590. The van der Waals surface area contributed by atoms with Crippen LogP contribution in [-0.4, -0.2) is 5.78 Å². The minimum absolute atomic E-state index is 0.320. The van der Waals surface area contributed by atoms with Gasteiger partial charge in [-0.1, -0.05) is 46.3 Å². The molecular weight excluding hydrogens is 280 g/mol. The van der Waals surface area contributed by atoms with E-state index < -0.39 is 0 Å². The summed E-state index contributed by atoms with van der Waals surface area (Å²) in [5.74, 6) is 3.56. The molecule has 4 aliphatic carbocycles. The third-order valence-corrected chi connectivity index (χ3v) is 7.97. The molecular formula is C22H36O. The molecule has 6 unspecified atom stereocenters. The van der Waals surface area contributed by atoms with Gasteiger partial charge in [0.25, 0.3) is 0 Å². The first kappa shape index (κ1) is 17.2. The number of hydrogen-bond acceptors (Lipinski definition) is 1. The van der Waals surface area contributed by atoms with Crippen molar-refractivity contribution in [2.24, 2.45) is 34.5 Å². The van der Waals surface area contributed by atoms with Crippen molar-refractivity contribution >= 4 is 5.78 Å². The highest BCUT2D eigenvalue weighted by Gasteiger charge is 2.57. The number of hydrogen-bond donors (Lipinski definition) is 0. The van der Waals surface area contributed by atoms with Crippen molar-refractivity contribution in [3.05, 3.63) is 12.2 Å². The van der Waals surface area contributed by atoms with Crippen LogP contribution in [0, 0.1) is 34.5 Å². The second kappa shape index (κ2) is 6.37. The number of ketones is 1. The summed E-state index contributed by atoms with van der Waals surface area (Å²) in [7, 11) is 0. The quantitative estimate of drug-likeness (QED) is 0.488. The van der Waals surface area contributed by atoms with Crippen LogP contribution in [0.2, 0.25) is 0 Å². The standard InChI is InChI=1S/C20H30O.C2H6/c1-19-11-5-6-15(19)14-8-9-17-18(21)7-3-4-12-20(17,2)16(14)10-13-19;1-2/h5,11,14-17H,3-4,6-10,12-13H2,1-2H3;1-2H3. The van der Waals surface area contributed by atoms with Gasteiger partial charge in [-0.05, 0) is 73.5 Å². The number of Topliss-reactive ketones (excluding diaryl/α,β-unsaturated/α-hetero) is 1. The summed E-state index contributed by atoms with van der Waals surface area (Å²) in [6.45, 7) is 8.98. The topological polar surface area (TPSA) is 17.1 Å². The third kappa shape index (κ3) is 2.63. The average Bonchev–Trinajstić information content (AvgIpc) is 2.88. The van der Waals surface area contributed by atoms with E-state index in [0.717, 1.165) is 30.6 Å². The Balaban J connectivity index is 0.000000753. The lowest BCUT2D eigenvalue weighted by Crippen LogP contribution is -2.52. The number of carbonyl (C=O) groups is 1. The van der Waals surface area contributed by atoms with Gasteiger partial charge in [-0.25, -0.2) is 0 Å². The zero-order chi connectivity index (χ0) is 16.7. The van der Waals surface area contributed by atoms with Gasteiger partial charge in [0.05, 0.1) is 0 Å². The summed E-state index contributed by atoms with van der Waals surface area (Å²) >= 11 is 0. The molecule has 0 aromatic rings. The maximum Gasteiger partial charge on any atom is 0.136 e. The van der Waals surface area contributed by atoms with E-state index in [1.54, 1.807) is 0 Å². The smallest absolute Gasteiger partial charge is 0.136 e. The van der Waals surface area contributed by atoms with E-state index in [0.29, 0.717) is 22.5 Å². The summed E-state index contributed by atoms with van der Waals surface area (Å²) in [6, 6.07) is 0. The van der Waals surface area contributed by atoms with Gasteiger partial charge >= 0.3 is 0 Å². The Labute approximate surface area is 143 Å². The molecule has 0 amide bonds. The van der Waals surface area contributed by atoms with Crippen molar-refractivity contribution in [3.63, 3.8) is 0 Å². The molecule has 0 bridgehead atoms. The first-order chi connectivity index (χ1) is 11.0. The van der Waals surface area contributed by atoms with E-state index in [1.165, 1.54) is 44.9 Å². The van der Waals surface area contributed by atoms with Gasteiger partial charge < -0.3 is 0 Å². The lowest BCUT2D eigenvalue weighted by molar-refractivity contribution is -0.137. The van der Waals surface area contributed by atoms with Gasteiger partial charge in [0.2, 0.25) is 0 Å². The van der Waals surface area contributed by atoms with Crippen LogP contribution < -0.4 is 0 Å². The zero-order valence-corrected chi connectivity index (χ0v) is 15.7. The summed E-state index contributed by atoms with van der Waals surface area (Å²) in [5.41, 5.74) is 0.791. The molecule has 1 heteroatoms. The molecule has 130 valence electrons. The van der Waals surface area contributed by atoms with Gasteiger partial charge in [-0.15, -0.1) is 0 Å². The summed E-state index contributed by atoms with van der Waals surface area (Å²) in [5, 5.41) is 0. The highest BCUT2D eigenvalue weighted by molar-refractivity contribution is 5.82. The number of carbonyl (C=O) groups excluding carboxylic acids is 1. The Morgan fingerprint density at radius 2 is 1.78 bits per heavy atom. The van der Waals surface area contributed by atoms with Gasteiger partial charge in [0.1, 0.15) is 5.78 Å².